The summed E-state index contributed by atoms with van der Waals surface area (Å²) in [6, 6.07) is 9.79. The number of nitrogens with zero attached hydrogens (tertiary/aromatic N) is 1. The van der Waals surface area contributed by atoms with E-state index in [1.165, 1.54) is 11.0 Å². The molecule has 0 unspecified atom stereocenters. The van der Waals surface area contributed by atoms with Gasteiger partial charge in [-0.05, 0) is 37.1 Å². The van der Waals surface area contributed by atoms with Gasteiger partial charge in [0, 0.05) is 7.05 Å². The molecule has 0 saturated heterocycles. The van der Waals surface area contributed by atoms with E-state index in [0.29, 0.717) is 12.3 Å². The lowest BCUT2D eigenvalue weighted by Crippen LogP contribution is -2.51. The number of benzene rings is 2. The second-order valence-corrected chi connectivity index (χ2v) is 7.21. The molecule has 2 aromatic carbocycles. The largest absolute Gasteiger partial charge is 0.492 e. The average molecular weight is 404 g/mol. The molecule has 0 saturated carbocycles. The number of halogens is 2. The van der Waals surface area contributed by atoms with Crippen molar-refractivity contribution in [3.8, 4) is 5.75 Å². The summed E-state index contributed by atoms with van der Waals surface area (Å²) < 4.78 is 33.3. The Hall–Kier alpha value is -2.96. The zero-order chi connectivity index (χ0) is 21.6. The van der Waals surface area contributed by atoms with Crippen LogP contribution >= 0.6 is 0 Å². The van der Waals surface area contributed by atoms with Crippen LogP contribution in [0.15, 0.2) is 42.5 Å². The van der Waals surface area contributed by atoms with Crippen LogP contribution in [0.1, 0.15) is 29.8 Å². The molecule has 5 nitrogen and oxygen atoms in total. The molecule has 0 spiro atoms. The van der Waals surface area contributed by atoms with Crippen LogP contribution < -0.4 is 10.1 Å². The first kappa shape index (κ1) is 22.3. The summed E-state index contributed by atoms with van der Waals surface area (Å²) in [5.74, 6) is -2.86. The summed E-state index contributed by atoms with van der Waals surface area (Å²) in [4.78, 5) is 26.6. The van der Waals surface area contributed by atoms with Crippen LogP contribution in [0.3, 0.4) is 0 Å². The molecular weight excluding hydrogens is 378 g/mol. The Balaban J connectivity index is 1.98. The van der Waals surface area contributed by atoms with Gasteiger partial charge in [-0.15, -0.1) is 0 Å². The second-order valence-electron chi connectivity index (χ2n) is 7.21. The van der Waals surface area contributed by atoms with E-state index >= 15 is 0 Å². The molecule has 0 aliphatic heterocycles. The quantitative estimate of drug-likeness (QED) is 0.732. The predicted molar refractivity (Wildman–Crippen MR) is 107 cm³/mol. The molecule has 0 aliphatic rings. The van der Waals surface area contributed by atoms with Crippen molar-refractivity contribution in [1.29, 1.82) is 0 Å². The highest BCUT2D eigenvalue weighted by atomic mass is 19.1. The molecule has 156 valence electrons. The number of amides is 2. The fraction of sp³-hybridized carbons (Fsp3) is 0.364. The van der Waals surface area contributed by atoms with Crippen molar-refractivity contribution in [3.05, 3.63) is 65.2 Å². The standard InChI is InChI=1S/C22H26F2N2O3/c1-14(2)20(25-21(27)19-17(23)6-5-7-18(19)24)22(28)26(4)12-13-29-16-10-8-15(3)9-11-16/h5-11,14,20H,12-13H2,1-4H3,(H,25,27)/t20-/m0/s1. The molecule has 0 aromatic heterocycles. The number of ether oxygens (including phenoxy) is 1. The summed E-state index contributed by atoms with van der Waals surface area (Å²) in [6.45, 7) is 6.03. The van der Waals surface area contributed by atoms with Crippen LogP contribution in [-0.2, 0) is 4.79 Å². The van der Waals surface area contributed by atoms with Crippen LogP contribution in [0.2, 0.25) is 0 Å². The summed E-state index contributed by atoms with van der Waals surface area (Å²) in [7, 11) is 1.59. The lowest BCUT2D eigenvalue weighted by Gasteiger charge is -2.27. The maximum Gasteiger partial charge on any atom is 0.257 e. The molecule has 29 heavy (non-hydrogen) atoms. The topological polar surface area (TPSA) is 58.6 Å². The van der Waals surface area contributed by atoms with E-state index in [2.05, 4.69) is 5.32 Å². The molecule has 0 bridgehead atoms. The predicted octanol–water partition coefficient (Wildman–Crippen LogP) is 3.57. The Kier molecular flexibility index (Phi) is 7.70. The molecule has 7 heteroatoms. The smallest absolute Gasteiger partial charge is 0.257 e. The summed E-state index contributed by atoms with van der Waals surface area (Å²) in [5.41, 5.74) is 0.419. The lowest BCUT2D eigenvalue weighted by molar-refractivity contribution is -0.133. The van der Waals surface area contributed by atoms with Gasteiger partial charge in [0.2, 0.25) is 5.91 Å². The molecular formula is C22H26F2N2O3. The molecule has 0 heterocycles. The SMILES string of the molecule is Cc1ccc(OCCN(C)C(=O)[C@@H](NC(=O)c2c(F)cccc2F)C(C)C)cc1. The van der Waals surface area contributed by atoms with Gasteiger partial charge < -0.3 is 15.0 Å². The summed E-state index contributed by atoms with van der Waals surface area (Å²) >= 11 is 0. The molecule has 2 amide bonds. The molecule has 1 atom stereocenters. The van der Waals surface area contributed by atoms with Gasteiger partial charge in [0.05, 0.1) is 6.54 Å². The van der Waals surface area contributed by atoms with Crippen LogP contribution in [-0.4, -0.2) is 43.0 Å². The van der Waals surface area contributed by atoms with E-state index in [1.54, 1.807) is 20.9 Å². The molecule has 0 radical (unpaired) electrons. The van der Waals surface area contributed by atoms with Gasteiger partial charge in [-0.3, -0.25) is 9.59 Å². The monoisotopic (exact) mass is 404 g/mol. The maximum absolute atomic E-state index is 13.9. The Morgan fingerprint density at radius 1 is 1.07 bits per heavy atom. The first-order valence-electron chi connectivity index (χ1n) is 9.40. The highest BCUT2D eigenvalue weighted by Gasteiger charge is 2.29. The fourth-order valence-electron chi connectivity index (χ4n) is 2.72. The number of likely N-dealkylation sites (N-methyl/N-ethyl adjacent to an activating group) is 1. The Morgan fingerprint density at radius 2 is 1.66 bits per heavy atom. The van der Waals surface area contributed by atoms with Crippen LogP contribution in [0.25, 0.3) is 0 Å². The van der Waals surface area contributed by atoms with Gasteiger partial charge >= 0.3 is 0 Å². The summed E-state index contributed by atoms with van der Waals surface area (Å²) in [5, 5.41) is 2.46. The van der Waals surface area contributed by atoms with Gasteiger partial charge in [-0.1, -0.05) is 37.6 Å². The highest BCUT2D eigenvalue weighted by Crippen LogP contribution is 2.14. The van der Waals surface area contributed by atoms with Gasteiger partial charge in [-0.2, -0.15) is 0 Å². The van der Waals surface area contributed by atoms with Crippen molar-refractivity contribution in [2.45, 2.75) is 26.8 Å². The van der Waals surface area contributed by atoms with Crippen LogP contribution in [0.4, 0.5) is 8.78 Å². The zero-order valence-electron chi connectivity index (χ0n) is 17.0. The average Bonchev–Trinajstić information content (AvgIpc) is 2.66. The third-order valence-corrected chi connectivity index (χ3v) is 4.50. The Labute approximate surface area is 169 Å². The second kappa shape index (κ2) is 10.0. The van der Waals surface area contributed by atoms with Gasteiger partial charge in [0.25, 0.3) is 5.91 Å². The lowest BCUT2D eigenvalue weighted by atomic mass is 10.0. The molecule has 1 N–H and O–H groups in total. The summed E-state index contributed by atoms with van der Waals surface area (Å²) in [6.07, 6.45) is 0. The molecule has 2 rings (SSSR count). The minimum absolute atomic E-state index is 0.270. The first-order chi connectivity index (χ1) is 13.7. The van der Waals surface area contributed by atoms with E-state index in [4.69, 9.17) is 4.74 Å². The van der Waals surface area contributed by atoms with E-state index in [-0.39, 0.29) is 18.4 Å². The molecule has 0 aliphatic carbocycles. The van der Waals surface area contributed by atoms with Crippen molar-refractivity contribution in [1.82, 2.24) is 10.2 Å². The number of carbonyl (C=O) groups is 2. The Bertz CT molecular complexity index is 833. The van der Waals surface area contributed by atoms with E-state index in [0.717, 1.165) is 17.7 Å². The number of hydrogen-bond donors (Lipinski definition) is 1. The van der Waals surface area contributed by atoms with Crippen molar-refractivity contribution in [3.63, 3.8) is 0 Å². The van der Waals surface area contributed by atoms with Crippen LogP contribution in [0, 0.1) is 24.5 Å². The number of hydrogen-bond acceptors (Lipinski definition) is 3. The van der Waals surface area contributed by atoms with Crippen molar-refractivity contribution < 1.29 is 23.1 Å². The van der Waals surface area contributed by atoms with Gasteiger partial charge in [0.15, 0.2) is 0 Å². The van der Waals surface area contributed by atoms with Crippen molar-refractivity contribution >= 4 is 11.8 Å². The van der Waals surface area contributed by atoms with Gasteiger partial charge in [0.1, 0.15) is 35.6 Å². The Morgan fingerprint density at radius 3 is 2.21 bits per heavy atom. The first-order valence-corrected chi connectivity index (χ1v) is 9.40. The minimum Gasteiger partial charge on any atom is -0.492 e. The molecule has 0 fully saturated rings. The third-order valence-electron chi connectivity index (χ3n) is 4.50. The fourth-order valence-corrected chi connectivity index (χ4v) is 2.72. The minimum atomic E-state index is -0.975. The van der Waals surface area contributed by atoms with E-state index < -0.39 is 29.1 Å². The highest BCUT2D eigenvalue weighted by molar-refractivity contribution is 5.98. The van der Waals surface area contributed by atoms with Crippen LogP contribution in [0.5, 0.6) is 5.75 Å². The van der Waals surface area contributed by atoms with Gasteiger partial charge in [-0.25, -0.2) is 8.78 Å². The number of nitrogens with one attached hydrogen (secondary N) is 1. The molecule has 2 aromatic rings. The van der Waals surface area contributed by atoms with E-state index in [9.17, 15) is 18.4 Å². The third kappa shape index (κ3) is 6.01. The van der Waals surface area contributed by atoms with Crippen molar-refractivity contribution in [2.24, 2.45) is 5.92 Å². The number of aryl methyl sites for hydroxylation is 1. The number of carbonyl (C=O) groups excluding carboxylic acids is 2. The zero-order valence-corrected chi connectivity index (χ0v) is 17.0. The van der Waals surface area contributed by atoms with Crippen molar-refractivity contribution in [2.75, 3.05) is 20.2 Å². The maximum atomic E-state index is 13.9. The normalized spacial score (nSPS) is 11.8. The number of rotatable bonds is 8. The van der Waals surface area contributed by atoms with E-state index in [1.807, 2.05) is 31.2 Å².